The average Bonchev–Trinajstić information content (AvgIpc) is 2.59. The van der Waals surface area contributed by atoms with Gasteiger partial charge in [0.25, 0.3) is 0 Å². The molecule has 0 aromatic carbocycles. The van der Waals surface area contributed by atoms with Gasteiger partial charge in [-0.25, -0.2) is 9.13 Å². The Kier molecular flexibility index (Phi) is 7.80. The first-order valence-electron chi connectivity index (χ1n) is 4.90. The van der Waals surface area contributed by atoms with Crippen LogP contribution in [-0.4, -0.2) is 18.3 Å². The highest BCUT2D eigenvalue weighted by Crippen LogP contribution is 1.88. The van der Waals surface area contributed by atoms with Crippen LogP contribution in [0, 0.1) is 0 Å². The van der Waals surface area contributed by atoms with Crippen LogP contribution in [0.25, 0.3) is 0 Å². The highest BCUT2D eigenvalue weighted by molar-refractivity contribution is 4.65. The lowest BCUT2D eigenvalue weighted by Crippen LogP contribution is -3.00. The number of aromatic nitrogens is 2. The van der Waals surface area contributed by atoms with Crippen LogP contribution in [0.2, 0.25) is 0 Å². The number of ether oxygens (including phenoxy) is 1. The molecule has 0 bridgehead atoms. The third-order valence-corrected chi connectivity index (χ3v) is 2.07. The molecule has 1 aromatic heterocycles. The first kappa shape index (κ1) is 13.7. The maximum atomic E-state index is 5.01. The monoisotopic (exact) mass is 262 g/mol. The molecule has 4 heteroatoms. The molecule has 0 saturated heterocycles. The molecule has 1 rings (SSSR count). The molecular formula is C10H19BrN2O. The normalized spacial score (nSPS) is 9.86. The van der Waals surface area contributed by atoms with Gasteiger partial charge in [-0.2, -0.15) is 0 Å². The Morgan fingerprint density at radius 2 is 2.21 bits per heavy atom. The van der Waals surface area contributed by atoms with Gasteiger partial charge in [0.15, 0.2) is 0 Å². The Labute approximate surface area is 96.5 Å². The molecule has 0 fully saturated rings. The summed E-state index contributed by atoms with van der Waals surface area (Å²) in [5.74, 6) is 0. The highest BCUT2D eigenvalue weighted by Gasteiger charge is 2.01. The summed E-state index contributed by atoms with van der Waals surface area (Å²) in [7, 11) is 1.73. The van der Waals surface area contributed by atoms with Crippen molar-refractivity contribution in [2.75, 3.05) is 13.7 Å². The van der Waals surface area contributed by atoms with Crippen molar-refractivity contribution in [2.45, 2.75) is 32.9 Å². The molecule has 0 N–H and O–H groups in total. The molecular weight excluding hydrogens is 244 g/mol. The summed E-state index contributed by atoms with van der Waals surface area (Å²) >= 11 is 0. The largest absolute Gasteiger partial charge is 1.00 e. The van der Waals surface area contributed by atoms with E-state index < -0.39 is 0 Å². The van der Waals surface area contributed by atoms with Crippen LogP contribution < -0.4 is 21.5 Å². The number of hydrogen-bond acceptors (Lipinski definition) is 1. The zero-order valence-corrected chi connectivity index (χ0v) is 10.5. The second-order valence-electron chi connectivity index (χ2n) is 3.24. The molecule has 14 heavy (non-hydrogen) atoms. The second-order valence-corrected chi connectivity index (χ2v) is 3.24. The van der Waals surface area contributed by atoms with Crippen molar-refractivity contribution in [1.82, 2.24) is 4.57 Å². The van der Waals surface area contributed by atoms with Crippen molar-refractivity contribution < 1.29 is 26.3 Å². The summed E-state index contributed by atoms with van der Waals surface area (Å²) in [6.45, 7) is 5.05. The van der Waals surface area contributed by atoms with Gasteiger partial charge in [-0.05, 0) is 6.42 Å². The van der Waals surface area contributed by atoms with Crippen LogP contribution in [0.4, 0.5) is 0 Å². The van der Waals surface area contributed by atoms with Gasteiger partial charge in [-0.15, -0.1) is 0 Å². The number of halogens is 1. The van der Waals surface area contributed by atoms with E-state index in [0.29, 0.717) is 0 Å². The van der Waals surface area contributed by atoms with Gasteiger partial charge in [0.05, 0.1) is 13.2 Å². The molecule has 82 valence electrons. The van der Waals surface area contributed by atoms with E-state index in [1.165, 1.54) is 12.8 Å². The fourth-order valence-corrected chi connectivity index (χ4v) is 1.24. The van der Waals surface area contributed by atoms with Gasteiger partial charge in [0, 0.05) is 7.11 Å². The molecule has 0 unspecified atom stereocenters. The molecule has 0 aliphatic carbocycles. The van der Waals surface area contributed by atoms with E-state index in [-0.39, 0.29) is 17.0 Å². The van der Waals surface area contributed by atoms with Crippen molar-refractivity contribution in [3.63, 3.8) is 0 Å². The van der Waals surface area contributed by atoms with Crippen LogP contribution in [0.3, 0.4) is 0 Å². The Hall–Kier alpha value is -0.350. The minimum Gasteiger partial charge on any atom is -1.00 e. The number of rotatable bonds is 6. The SMILES string of the molecule is CCCC[n+]1ccn(CCOC)c1.[Br-]. The predicted molar refractivity (Wildman–Crippen MR) is 51.4 cm³/mol. The third-order valence-electron chi connectivity index (χ3n) is 2.07. The topological polar surface area (TPSA) is 18.0 Å². The van der Waals surface area contributed by atoms with E-state index in [0.717, 1.165) is 19.7 Å². The average molecular weight is 263 g/mol. The summed E-state index contributed by atoms with van der Waals surface area (Å²) < 4.78 is 9.38. The van der Waals surface area contributed by atoms with E-state index in [4.69, 9.17) is 4.74 Å². The van der Waals surface area contributed by atoms with Gasteiger partial charge in [-0.1, -0.05) is 13.3 Å². The Morgan fingerprint density at radius 1 is 1.43 bits per heavy atom. The third kappa shape index (κ3) is 4.77. The van der Waals surface area contributed by atoms with Gasteiger partial charge >= 0.3 is 0 Å². The smallest absolute Gasteiger partial charge is 0.243 e. The number of aryl methyl sites for hydroxylation is 1. The van der Waals surface area contributed by atoms with Gasteiger partial charge in [0.2, 0.25) is 6.33 Å². The maximum Gasteiger partial charge on any atom is 0.243 e. The molecule has 1 aromatic rings. The summed E-state index contributed by atoms with van der Waals surface area (Å²) in [4.78, 5) is 0. The van der Waals surface area contributed by atoms with E-state index in [1.54, 1.807) is 7.11 Å². The molecule has 0 amide bonds. The Bertz CT molecular complexity index is 215. The fourth-order valence-electron chi connectivity index (χ4n) is 1.24. The zero-order chi connectivity index (χ0) is 9.52. The first-order chi connectivity index (χ1) is 6.36. The van der Waals surface area contributed by atoms with Crippen molar-refractivity contribution in [3.8, 4) is 0 Å². The highest BCUT2D eigenvalue weighted by atomic mass is 79.9. The Balaban J connectivity index is 0.00000169. The van der Waals surface area contributed by atoms with Gasteiger partial charge in [0.1, 0.15) is 18.9 Å². The lowest BCUT2D eigenvalue weighted by atomic mass is 10.3. The zero-order valence-electron chi connectivity index (χ0n) is 8.95. The van der Waals surface area contributed by atoms with Crippen LogP contribution >= 0.6 is 0 Å². The number of imidazole rings is 1. The van der Waals surface area contributed by atoms with Crippen LogP contribution in [-0.2, 0) is 17.8 Å². The molecule has 0 aliphatic heterocycles. The van der Waals surface area contributed by atoms with E-state index >= 15 is 0 Å². The maximum absolute atomic E-state index is 5.01. The number of nitrogens with zero attached hydrogens (tertiary/aromatic N) is 2. The minimum atomic E-state index is 0. The lowest BCUT2D eigenvalue weighted by Gasteiger charge is -1.94. The van der Waals surface area contributed by atoms with Crippen molar-refractivity contribution in [1.29, 1.82) is 0 Å². The van der Waals surface area contributed by atoms with Crippen molar-refractivity contribution in [2.24, 2.45) is 0 Å². The molecule has 0 spiro atoms. The van der Waals surface area contributed by atoms with Gasteiger partial charge in [-0.3, -0.25) is 0 Å². The molecule has 0 radical (unpaired) electrons. The second kappa shape index (κ2) is 8.00. The van der Waals surface area contributed by atoms with E-state index in [1.807, 2.05) is 0 Å². The quantitative estimate of drug-likeness (QED) is 0.555. The molecule has 0 aliphatic rings. The van der Waals surface area contributed by atoms with E-state index in [9.17, 15) is 0 Å². The standard InChI is InChI=1S/C10H19N2O.BrH/c1-3-4-5-11-6-7-12(10-11)8-9-13-2;/h6-7,10H,3-5,8-9H2,1-2H3;1H/q+1;/p-1. The number of hydrogen-bond donors (Lipinski definition) is 0. The molecule has 1 heterocycles. The summed E-state index contributed by atoms with van der Waals surface area (Å²) in [6, 6.07) is 0. The van der Waals surface area contributed by atoms with Crippen LogP contribution in [0.1, 0.15) is 19.8 Å². The Morgan fingerprint density at radius 3 is 2.86 bits per heavy atom. The predicted octanol–water partition coefficient (Wildman–Crippen LogP) is -1.77. The molecule has 0 saturated carbocycles. The first-order valence-corrected chi connectivity index (χ1v) is 4.90. The number of methoxy groups -OCH3 is 1. The van der Waals surface area contributed by atoms with Crippen molar-refractivity contribution >= 4 is 0 Å². The summed E-state index contributed by atoms with van der Waals surface area (Å²) in [5.41, 5.74) is 0. The number of unbranched alkanes of at least 4 members (excludes halogenated alkanes) is 1. The fraction of sp³-hybridized carbons (Fsp3) is 0.700. The summed E-state index contributed by atoms with van der Waals surface area (Å²) in [6.07, 6.45) is 8.84. The molecule has 0 atom stereocenters. The van der Waals surface area contributed by atoms with Crippen LogP contribution in [0.15, 0.2) is 18.7 Å². The van der Waals surface area contributed by atoms with E-state index in [2.05, 4.69) is 34.8 Å². The minimum absolute atomic E-state index is 0. The molecule has 3 nitrogen and oxygen atoms in total. The lowest BCUT2D eigenvalue weighted by molar-refractivity contribution is -0.696. The van der Waals surface area contributed by atoms with Crippen molar-refractivity contribution in [3.05, 3.63) is 18.7 Å². The van der Waals surface area contributed by atoms with Gasteiger partial charge < -0.3 is 21.7 Å². The van der Waals surface area contributed by atoms with Crippen LogP contribution in [0.5, 0.6) is 0 Å². The summed E-state index contributed by atoms with van der Waals surface area (Å²) in [5, 5.41) is 0.